The third-order valence-electron chi connectivity index (χ3n) is 6.51. The van der Waals surface area contributed by atoms with Crippen molar-refractivity contribution in [1.82, 2.24) is 15.2 Å². The van der Waals surface area contributed by atoms with Gasteiger partial charge in [-0.05, 0) is 61.1 Å². The molecule has 10 heteroatoms. The van der Waals surface area contributed by atoms with Crippen LogP contribution in [-0.4, -0.2) is 40.8 Å². The third kappa shape index (κ3) is 4.79. The smallest absolute Gasteiger partial charge is 0.350 e. The SMILES string of the molecule is Cc1nc(C(=O)N2C[C@@H]3C[C@@H]3[C@H]2CNC(=O)c2cccc(C(F)(F)F)c2)c(-c2cccc(Cl)c2)s1. The Morgan fingerprint density at radius 1 is 1.20 bits per heavy atom. The maximum atomic E-state index is 13.6. The van der Waals surface area contributed by atoms with Crippen LogP contribution in [0.4, 0.5) is 13.2 Å². The van der Waals surface area contributed by atoms with Crippen molar-refractivity contribution in [3.05, 3.63) is 75.4 Å². The van der Waals surface area contributed by atoms with Crippen LogP contribution in [0.2, 0.25) is 5.02 Å². The van der Waals surface area contributed by atoms with Crippen LogP contribution in [0.5, 0.6) is 0 Å². The Bertz CT molecular complexity index is 1310. The molecule has 3 aromatic rings. The normalized spacial score (nSPS) is 21.1. The number of hydrogen-bond acceptors (Lipinski definition) is 4. The number of piperidine rings is 1. The highest BCUT2D eigenvalue weighted by Gasteiger charge is 2.54. The maximum absolute atomic E-state index is 13.6. The molecule has 5 nitrogen and oxygen atoms in total. The second-order valence-electron chi connectivity index (χ2n) is 8.89. The summed E-state index contributed by atoms with van der Waals surface area (Å²) in [5.41, 5.74) is 0.217. The topological polar surface area (TPSA) is 62.3 Å². The van der Waals surface area contributed by atoms with Gasteiger partial charge in [0.2, 0.25) is 0 Å². The zero-order chi connectivity index (χ0) is 24.9. The summed E-state index contributed by atoms with van der Waals surface area (Å²) in [4.78, 5) is 33.2. The Hall–Kier alpha value is -2.91. The van der Waals surface area contributed by atoms with Crippen LogP contribution in [0, 0.1) is 18.8 Å². The first-order valence-electron chi connectivity index (χ1n) is 11.1. The Morgan fingerprint density at radius 3 is 2.71 bits per heavy atom. The number of carbonyl (C=O) groups excluding carboxylic acids is 2. The van der Waals surface area contributed by atoms with E-state index >= 15 is 0 Å². The van der Waals surface area contributed by atoms with E-state index in [4.69, 9.17) is 11.6 Å². The van der Waals surface area contributed by atoms with Crippen LogP contribution in [0.15, 0.2) is 48.5 Å². The predicted molar refractivity (Wildman–Crippen MR) is 127 cm³/mol. The number of aromatic nitrogens is 1. The number of rotatable bonds is 5. The molecule has 1 aliphatic heterocycles. The van der Waals surface area contributed by atoms with Crippen molar-refractivity contribution in [3.8, 4) is 10.4 Å². The van der Waals surface area contributed by atoms with Gasteiger partial charge in [0.1, 0.15) is 5.69 Å². The molecule has 5 rings (SSSR count). The molecule has 2 fully saturated rings. The predicted octanol–water partition coefficient (Wildman–Crippen LogP) is 5.68. The van der Waals surface area contributed by atoms with Gasteiger partial charge < -0.3 is 10.2 Å². The summed E-state index contributed by atoms with van der Waals surface area (Å²) in [6, 6.07) is 11.3. The van der Waals surface area contributed by atoms with E-state index in [9.17, 15) is 22.8 Å². The number of alkyl halides is 3. The first-order valence-corrected chi connectivity index (χ1v) is 12.3. The van der Waals surface area contributed by atoms with E-state index < -0.39 is 17.6 Å². The van der Waals surface area contributed by atoms with Gasteiger partial charge >= 0.3 is 6.18 Å². The van der Waals surface area contributed by atoms with Crippen molar-refractivity contribution in [2.75, 3.05) is 13.1 Å². The zero-order valence-corrected chi connectivity index (χ0v) is 20.2. The number of amides is 2. The Balaban J connectivity index is 1.34. The van der Waals surface area contributed by atoms with Gasteiger partial charge in [-0.15, -0.1) is 11.3 Å². The van der Waals surface area contributed by atoms with Crippen molar-refractivity contribution >= 4 is 34.8 Å². The lowest BCUT2D eigenvalue weighted by molar-refractivity contribution is -0.137. The molecule has 35 heavy (non-hydrogen) atoms. The van der Waals surface area contributed by atoms with Gasteiger partial charge in [-0.2, -0.15) is 13.2 Å². The van der Waals surface area contributed by atoms with Crippen molar-refractivity contribution in [2.24, 2.45) is 11.8 Å². The minimum atomic E-state index is -4.53. The number of nitrogens with zero attached hydrogens (tertiary/aromatic N) is 2. The highest BCUT2D eigenvalue weighted by atomic mass is 35.5. The molecule has 2 aromatic carbocycles. The molecule has 0 bridgehead atoms. The lowest BCUT2D eigenvalue weighted by Gasteiger charge is -2.27. The molecule has 2 aliphatic rings. The number of aryl methyl sites for hydroxylation is 1. The van der Waals surface area contributed by atoms with Crippen LogP contribution < -0.4 is 5.32 Å². The van der Waals surface area contributed by atoms with Crippen LogP contribution in [0.25, 0.3) is 10.4 Å². The second-order valence-corrected chi connectivity index (χ2v) is 10.5. The molecule has 1 saturated carbocycles. The first kappa shape index (κ1) is 23.8. The molecule has 0 radical (unpaired) electrons. The minimum absolute atomic E-state index is 0.0681. The van der Waals surface area contributed by atoms with E-state index in [1.807, 2.05) is 19.1 Å². The van der Waals surface area contributed by atoms with E-state index in [0.717, 1.165) is 34.0 Å². The molecule has 1 N–H and O–H groups in total. The second kappa shape index (κ2) is 8.95. The largest absolute Gasteiger partial charge is 0.416 e. The number of likely N-dealkylation sites (tertiary alicyclic amines) is 1. The monoisotopic (exact) mass is 519 g/mol. The molecule has 1 aliphatic carbocycles. The summed E-state index contributed by atoms with van der Waals surface area (Å²) in [7, 11) is 0. The number of thiazole rings is 1. The molecule has 0 unspecified atom stereocenters. The molecule has 3 atom stereocenters. The number of fused-ring (bicyclic) bond motifs is 1. The first-order chi connectivity index (χ1) is 16.6. The fourth-order valence-electron chi connectivity index (χ4n) is 4.74. The lowest BCUT2D eigenvalue weighted by Crippen LogP contribution is -2.45. The van der Waals surface area contributed by atoms with Gasteiger partial charge in [0.15, 0.2) is 0 Å². The molecule has 1 saturated heterocycles. The zero-order valence-electron chi connectivity index (χ0n) is 18.6. The van der Waals surface area contributed by atoms with Crippen LogP contribution >= 0.6 is 22.9 Å². The molecule has 1 aromatic heterocycles. The van der Waals surface area contributed by atoms with E-state index in [1.165, 1.54) is 23.5 Å². The molecular weight excluding hydrogens is 499 g/mol. The van der Waals surface area contributed by atoms with E-state index in [1.54, 1.807) is 17.0 Å². The van der Waals surface area contributed by atoms with Crippen molar-refractivity contribution in [2.45, 2.75) is 25.6 Å². The van der Waals surface area contributed by atoms with Crippen LogP contribution in [0.1, 0.15) is 37.8 Å². The Morgan fingerprint density at radius 2 is 1.97 bits per heavy atom. The summed E-state index contributed by atoms with van der Waals surface area (Å²) in [5.74, 6) is -0.189. The van der Waals surface area contributed by atoms with Crippen molar-refractivity contribution < 1.29 is 22.8 Å². The minimum Gasteiger partial charge on any atom is -0.350 e. The number of benzene rings is 2. The summed E-state index contributed by atoms with van der Waals surface area (Å²) < 4.78 is 39.0. The standard InChI is InChI=1S/C25H21ClF3N3O2S/c1-13-31-21(22(35-13)14-4-3-7-18(26)9-14)24(34)32-12-16-10-19(16)20(32)11-30-23(33)15-5-2-6-17(8-15)25(27,28)29/h2-9,16,19-20H,10-12H2,1H3,(H,30,33)/t16-,19-,20+/m0/s1. The van der Waals surface area contributed by atoms with Crippen molar-refractivity contribution in [3.63, 3.8) is 0 Å². The Labute approximate surface area is 208 Å². The van der Waals surface area contributed by atoms with E-state index in [0.29, 0.717) is 23.2 Å². The van der Waals surface area contributed by atoms with E-state index in [-0.39, 0.29) is 30.0 Å². The molecule has 182 valence electrons. The third-order valence-corrected chi connectivity index (χ3v) is 7.77. The number of halogens is 4. The molecule has 2 amide bonds. The summed E-state index contributed by atoms with van der Waals surface area (Å²) in [6.45, 7) is 2.57. The van der Waals surface area contributed by atoms with E-state index in [2.05, 4.69) is 10.3 Å². The average Bonchev–Trinajstić information content (AvgIpc) is 3.33. The number of nitrogens with one attached hydrogen (secondary N) is 1. The fraction of sp³-hybridized carbons (Fsp3) is 0.320. The van der Waals surface area contributed by atoms with Gasteiger partial charge in [0.05, 0.1) is 21.5 Å². The van der Waals surface area contributed by atoms with Gasteiger partial charge in [0, 0.05) is 23.7 Å². The highest BCUT2D eigenvalue weighted by Crippen LogP contribution is 2.50. The number of hydrogen-bond donors (Lipinski definition) is 1. The average molecular weight is 520 g/mol. The molecule has 2 heterocycles. The van der Waals surface area contributed by atoms with Crippen LogP contribution in [0.3, 0.4) is 0 Å². The van der Waals surface area contributed by atoms with Gasteiger partial charge in [-0.1, -0.05) is 29.8 Å². The molecular formula is C25H21ClF3N3O2S. The summed E-state index contributed by atoms with van der Waals surface area (Å²) in [5, 5.41) is 4.05. The molecule has 0 spiro atoms. The summed E-state index contributed by atoms with van der Waals surface area (Å²) >= 11 is 7.57. The quantitative estimate of drug-likeness (QED) is 0.471. The van der Waals surface area contributed by atoms with Gasteiger partial charge in [-0.25, -0.2) is 4.98 Å². The lowest BCUT2D eigenvalue weighted by atomic mass is 10.1. The van der Waals surface area contributed by atoms with Crippen molar-refractivity contribution in [1.29, 1.82) is 0 Å². The highest BCUT2D eigenvalue weighted by molar-refractivity contribution is 7.15. The van der Waals surface area contributed by atoms with Crippen LogP contribution in [-0.2, 0) is 6.18 Å². The van der Waals surface area contributed by atoms with Gasteiger partial charge in [-0.3, -0.25) is 9.59 Å². The Kier molecular flexibility index (Phi) is 6.09. The number of carbonyl (C=O) groups is 2. The summed E-state index contributed by atoms with van der Waals surface area (Å²) in [6.07, 6.45) is -3.57. The maximum Gasteiger partial charge on any atom is 0.416 e. The van der Waals surface area contributed by atoms with Gasteiger partial charge in [0.25, 0.3) is 11.8 Å². The fourth-order valence-corrected chi connectivity index (χ4v) is 5.83.